The summed E-state index contributed by atoms with van der Waals surface area (Å²) in [7, 11) is 2.23. The van der Waals surface area contributed by atoms with Gasteiger partial charge in [0.2, 0.25) is 5.91 Å². The molecule has 0 aliphatic carbocycles. The highest BCUT2D eigenvalue weighted by Crippen LogP contribution is 2.28. The van der Waals surface area contributed by atoms with Gasteiger partial charge in [-0.05, 0) is 44.8 Å². The zero-order valence-corrected chi connectivity index (χ0v) is 14.2. The van der Waals surface area contributed by atoms with E-state index in [9.17, 15) is 4.79 Å². The molecule has 1 aromatic carbocycles. The average Bonchev–Trinajstić information content (AvgIpc) is 2.80. The van der Waals surface area contributed by atoms with Gasteiger partial charge in [-0.2, -0.15) is 0 Å². The predicted molar refractivity (Wildman–Crippen MR) is 93.2 cm³/mol. The maximum Gasteiger partial charge on any atom is 0.222 e. The molecule has 4 heteroatoms. The maximum absolute atomic E-state index is 12.4. The second-order valence-corrected chi connectivity index (χ2v) is 6.94. The van der Waals surface area contributed by atoms with Crippen LogP contribution in [0.2, 0.25) is 0 Å². The van der Waals surface area contributed by atoms with Crippen LogP contribution in [0.5, 0.6) is 0 Å². The monoisotopic (exact) mass is 315 g/mol. The molecule has 2 bridgehead atoms. The van der Waals surface area contributed by atoms with Gasteiger partial charge in [0.05, 0.1) is 0 Å². The van der Waals surface area contributed by atoms with E-state index >= 15 is 0 Å². The lowest BCUT2D eigenvalue weighted by atomic mass is 10.1. The first kappa shape index (κ1) is 16.5. The Hall–Kier alpha value is -1.39. The molecular formula is C19H29N3O. The Bertz CT molecular complexity index is 505. The van der Waals surface area contributed by atoms with Crippen molar-refractivity contribution in [3.05, 3.63) is 35.9 Å². The molecule has 0 unspecified atom stereocenters. The molecule has 2 saturated heterocycles. The number of likely N-dealkylation sites (N-methyl/N-ethyl adjacent to an activating group) is 1. The van der Waals surface area contributed by atoms with E-state index in [1.165, 1.54) is 18.4 Å². The van der Waals surface area contributed by atoms with Crippen LogP contribution in [0.3, 0.4) is 0 Å². The van der Waals surface area contributed by atoms with E-state index in [0.29, 0.717) is 24.4 Å². The van der Waals surface area contributed by atoms with E-state index in [1.807, 2.05) is 6.07 Å². The van der Waals surface area contributed by atoms with Crippen molar-refractivity contribution in [3.63, 3.8) is 0 Å². The lowest BCUT2D eigenvalue weighted by Crippen LogP contribution is -2.39. The zero-order chi connectivity index (χ0) is 16.1. The molecule has 126 valence electrons. The van der Waals surface area contributed by atoms with Crippen LogP contribution >= 0.6 is 0 Å². The van der Waals surface area contributed by atoms with Crippen molar-refractivity contribution in [1.29, 1.82) is 0 Å². The number of likely N-dealkylation sites (tertiary alicyclic amines) is 1. The van der Waals surface area contributed by atoms with E-state index in [2.05, 4.69) is 46.4 Å². The van der Waals surface area contributed by atoms with Gasteiger partial charge in [-0.1, -0.05) is 30.3 Å². The van der Waals surface area contributed by atoms with Gasteiger partial charge in [0.15, 0.2) is 0 Å². The number of carbonyl (C=O) groups is 1. The minimum atomic E-state index is 0.340. The SMILES string of the molecule is CN1[C@@H]2CC[C@H]1CN(C(=O)CCCNCc1ccccc1)CC2. The lowest BCUT2D eigenvalue weighted by Gasteiger charge is -2.26. The first-order valence-electron chi connectivity index (χ1n) is 8.98. The Kier molecular flexibility index (Phi) is 5.68. The topological polar surface area (TPSA) is 35.6 Å². The van der Waals surface area contributed by atoms with Gasteiger partial charge in [-0.25, -0.2) is 0 Å². The zero-order valence-electron chi connectivity index (χ0n) is 14.2. The largest absolute Gasteiger partial charge is 0.341 e. The van der Waals surface area contributed by atoms with Gasteiger partial charge < -0.3 is 10.2 Å². The molecule has 0 spiro atoms. The quantitative estimate of drug-likeness (QED) is 0.818. The third-order valence-corrected chi connectivity index (χ3v) is 5.42. The van der Waals surface area contributed by atoms with Crippen LogP contribution in [0.1, 0.15) is 37.7 Å². The molecule has 1 aromatic rings. The van der Waals surface area contributed by atoms with Crippen LogP contribution in [0, 0.1) is 0 Å². The maximum atomic E-state index is 12.4. The predicted octanol–water partition coefficient (Wildman–Crippen LogP) is 2.25. The summed E-state index contributed by atoms with van der Waals surface area (Å²) in [4.78, 5) is 17.1. The van der Waals surface area contributed by atoms with Gasteiger partial charge in [0.1, 0.15) is 0 Å². The normalized spacial score (nSPS) is 24.7. The van der Waals surface area contributed by atoms with Crippen molar-refractivity contribution in [3.8, 4) is 0 Å². The summed E-state index contributed by atoms with van der Waals surface area (Å²) in [5.41, 5.74) is 1.30. The third kappa shape index (κ3) is 4.33. The molecular weight excluding hydrogens is 286 g/mol. The van der Waals surface area contributed by atoms with Crippen molar-refractivity contribution < 1.29 is 4.79 Å². The van der Waals surface area contributed by atoms with E-state index in [4.69, 9.17) is 0 Å². The molecule has 0 aromatic heterocycles. The fraction of sp³-hybridized carbons (Fsp3) is 0.632. The highest BCUT2D eigenvalue weighted by molar-refractivity contribution is 5.76. The number of nitrogens with one attached hydrogen (secondary N) is 1. The lowest BCUT2D eigenvalue weighted by molar-refractivity contribution is -0.131. The first-order chi connectivity index (χ1) is 11.2. The molecule has 2 aliphatic heterocycles. The second-order valence-electron chi connectivity index (χ2n) is 6.94. The number of rotatable bonds is 6. The number of nitrogens with zero attached hydrogens (tertiary/aromatic N) is 2. The fourth-order valence-electron chi connectivity index (χ4n) is 3.89. The summed E-state index contributed by atoms with van der Waals surface area (Å²) in [5.74, 6) is 0.340. The highest BCUT2D eigenvalue weighted by Gasteiger charge is 2.35. The summed E-state index contributed by atoms with van der Waals surface area (Å²) < 4.78 is 0. The summed E-state index contributed by atoms with van der Waals surface area (Å²) >= 11 is 0. The van der Waals surface area contributed by atoms with Crippen molar-refractivity contribution in [2.75, 3.05) is 26.7 Å². The van der Waals surface area contributed by atoms with Crippen LogP contribution in [-0.4, -0.2) is 54.5 Å². The third-order valence-electron chi connectivity index (χ3n) is 5.42. The number of amides is 1. The summed E-state index contributed by atoms with van der Waals surface area (Å²) in [6.07, 6.45) is 5.30. The van der Waals surface area contributed by atoms with E-state index in [-0.39, 0.29) is 0 Å². The smallest absolute Gasteiger partial charge is 0.222 e. The van der Waals surface area contributed by atoms with Crippen molar-refractivity contribution >= 4 is 5.91 Å². The van der Waals surface area contributed by atoms with Crippen LogP contribution in [0.15, 0.2) is 30.3 Å². The number of carbonyl (C=O) groups excluding carboxylic acids is 1. The van der Waals surface area contributed by atoms with Gasteiger partial charge in [-0.3, -0.25) is 9.69 Å². The highest BCUT2D eigenvalue weighted by atomic mass is 16.2. The number of fused-ring (bicyclic) bond motifs is 2. The summed E-state index contributed by atoms with van der Waals surface area (Å²) in [6, 6.07) is 11.7. The summed E-state index contributed by atoms with van der Waals surface area (Å²) in [6.45, 7) is 3.67. The van der Waals surface area contributed by atoms with Crippen LogP contribution < -0.4 is 5.32 Å². The fourth-order valence-corrected chi connectivity index (χ4v) is 3.89. The Labute approximate surface area is 139 Å². The van der Waals surface area contributed by atoms with Gasteiger partial charge in [-0.15, -0.1) is 0 Å². The van der Waals surface area contributed by atoms with Crippen LogP contribution in [0.4, 0.5) is 0 Å². The van der Waals surface area contributed by atoms with Crippen molar-refractivity contribution in [2.24, 2.45) is 0 Å². The average molecular weight is 315 g/mol. The number of hydrogen-bond acceptors (Lipinski definition) is 3. The minimum Gasteiger partial charge on any atom is -0.341 e. The number of benzene rings is 1. The van der Waals surface area contributed by atoms with Gasteiger partial charge in [0.25, 0.3) is 0 Å². The van der Waals surface area contributed by atoms with Crippen molar-refractivity contribution in [1.82, 2.24) is 15.1 Å². The van der Waals surface area contributed by atoms with E-state index in [1.54, 1.807) is 0 Å². The van der Waals surface area contributed by atoms with Gasteiger partial charge in [0, 0.05) is 38.1 Å². The molecule has 2 atom stereocenters. The summed E-state index contributed by atoms with van der Waals surface area (Å²) in [5, 5.41) is 3.43. The second kappa shape index (κ2) is 7.93. The van der Waals surface area contributed by atoms with Crippen molar-refractivity contribution in [2.45, 2.75) is 50.7 Å². The molecule has 2 aliphatic rings. The molecule has 0 radical (unpaired) electrons. The molecule has 23 heavy (non-hydrogen) atoms. The first-order valence-corrected chi connectivity index (χ1v) is 8.98. The Morgan fingerprint density at radius 3 is 2.78 bits per heavy atom. The Morgan fingerprint density at radius 1 is 1.17 bits per heavy atom. The molecule has 0 saturated carbocycles. The van der Waals surface area contributed by atoms with E-state index < -0.39 is 0 Å². The standard InChI is InChI=1S/C19H29N3O/c1-21-17-9-10-18(21)15-22(13-11-17)19(23)8-5-12-20-14-16-6-3-2-4-7-16/h2-4,6-7,17-18,20H,5,8-15H2,1H3/t17-,18+/m1/s1. The molecule has 1 amide bonds. The molecule has 4 nitrogen and oxygen atoms in total. The van der Waals surface area contributed by atoms with Crippen LogP contribution in [-0.2, 0) is 11.3 Å². The Morgan fingerprint density at radius 2 is 1.96 bits per heavy atom. The molecule has 3 rings (SSSR count). The molecule has 2 heterocycles. The van der Waals surface area contributed by atoms with Gasteiger partial charge >= 0.3 is 0 Å². The molecule has 2 fully saturated rings. The molecule has 1 N–H and O–H groups in total. The number of hydrogen-bond donors (Lipinski definition) is 1. The van der Waals surface area contributed by atoms with Crippen LogP contribution in [0.25, 0.3) is 0 Å². The minimum absolute atomic E-state index is 0.340. The Balaban J connectivity index is 1.35. The van der Waals surface area contributed by atoms with E-state index in [0.717, 1.165) is 39.0 Å².